The number of nitrogens with zero attached hydrogens (tertiary/aromatic N) is 2. The molecule has 1 radical (unpaired) electrons. The standard InChI is InChI=1S/C23H29N3OSi.C18H30O3Si.C12H20BO3Si/c1-16-7-9-17(10-8-16)20-15-25-22(24)21(26-20)18-11-13-19(14-12-18)27-28(5,6)23(2,3)4;1-8-20-14(2)17(19)13-15-9-11-16(12-10-15)21-22(6,7)18(3,4)5;1-12(2,3)17(4,5)16-11-8-6-10(7-9-11)15-13-14/h7-15H,1-6H3,(H2,24,25);9-12,14H,8,13H2,1-7H3;6-9,14H,1-5H3. The molecule has 0 fully saturated rings. The number of carbonyl (C=O) groups excluding carboxylic acids is 1. The van der Waals surface area contributed by atoms with E-state index in [0.29, 0.717) is 38.0 Å². The zero-order valence-electron chi connectivity index (χ0n) is 43.8. The molecule has 1 heterocycles. The third kappa shape index (κ3) is 17.1. The Hall–Kier alpha value is -4.73. The fraction of sp³-hybridized carbons (Fsp3) is 0.453. The van der Waals surface area contributed by atoms with Gasteiger partial charge in [-0.1, -0.05) is 104 Å². The van der Waals surface area contributed by atoms with E-state index in [9.17, 15) is 4.79 Å². The number of benzene rings is 4. The quantitative estimate of drug-likeness (QED) is 0.0976. The highest BCUT2D eigenvalue weighted by atomic mass is 28.4. The highest BCUT2D eigenvalue weighted by Crippen LogP contribution is 2.40. The van der Waals surface area contributed by atoms with Gasteiger partial charge in [-0.25, -0.2) is 9.97 Å². The molecule has 4 aromatic carbocycles. The molecule has 0 aliphatic rings. The maximum Gasteiger partial charge on any atom is 0.569 e. The molecule has 0 bridgehead atoms. The lowest BCUT2D eigenvalue weighted by Gasteiger charge is -2.36. The van der Waals surface area contributed by atoms with Crippen LogP contribution in [0.4, 0.5) is 5.82 Å². The molecular weight excluding hydrogens is 886 g/mol. The van der Waals surface area contributed by atoms with Crippen molar-refractivity contribution in [3.8, 4) is 45.5 Å². The number of ether oxygens (including phenoxy) is 1. The summed E-state index contributed by atoms with van der Waals surface area (Å²) in [7, 11) is -4.78. The minimum absolute atomic E-state index is 0.111. The summed E-state index contributed by atoms with van der Waals surface area (Å²) in [5, 5.41) is 9.02. The number of Topliss-reactive ketones (excluding diaryl/α,β-unsaturated/α-hetero) is 1. The lowest BCUT2D eigenvalue weighted by Crippen LogP contribution is -2.43. The SMILES string of the molecule is CC(C)(C)[Si](C)(C)Oc1ccc(O[B]O)cc1.CCOC(C)C(=O)Cc1ccc(O[Si](C)(C)C(C)(C)C)cc1.Cc1ccc(-c2cnc(N)c(-c3ccc(O[Si](C)(C)C(C)(C)C)cc3)n2)cc1. The molecule has 363 valence electrons. The minimum atomic E-state index is -1.86. The van der Waals surface area contributed by atoms with Crippen molar-refractivity contribution in [2.24, 2.45) is 0 Å². The van der Waals surface area contributed by atoms with Crippen LogP contribution in [0.25, 0.3) is 22.5 Å². The summed E-state index contributed by atoms with van der Waals surface area (Å²) in [6.07, 6.45) is 1.79. The highest BCUT2D eigenvalue weighted by Gasteiger charge is 2.40. The highest BCUT2D eigenvalue weighted by molar-refractivity contribution is 6.75. The number of anilines is 1. The minimum Gasteiger partial charge on any atom is -0.544 e. The second-order valence-corrected chi connectivity index (χ2v) is 35.7. The lowest BCUT2D eigenvalue weighted by molar-refractivity contribution is -0.128. The molecule has 0 spiro atoms. The van der Waals surface area contributed by atoms with Crippen LogP contribution in [-0.4, -0.2) is 66.1 Å². The van der Waals surface area contributed by atoms with Crippen LogP contribution < -0.4 is 23.7 Å². The van der Waals surface area contributed by atoms with Crippen LogP contribution >= 0.6 is 0 Å². The Balaban J connectivity index is 0.000000276. The van der Waals surface area contributed by atoms with E-state index < -0.39 is 25.0 Å². The third-order valence-electron chi connectivity index (χ3n) is 13.0. The van der Waals surface area contributed by atoms with Crippen LogP contribution in [-0.2, 0) is 16.0 Å². The summed E-state index contributed by atoms with van der Waals surface area (Å²) in [5.41, 5.74) is 11.8. The molecule has 10 nitrogen and oxygen atoms in total. The smallest absolute Gasteiger partial charge is 0.544 e. The molecule has 3 N–H and O–H groups in total. The van der Waals surface area contributed by atoms with Crippen molar-refractivity contribution in [3.05, 3.63) is 114 Å². The zero-order valence-corrected chi connectivity index (χ0v) is 46.8. The molecule has 0 amide bonds. The monoisotopic (exact) mass is 965 g/mol. The van der Waals surface area contributed by atoms with Gasteiger partial charge in [0.25, 0.3) is 0 Å². The first kappa shape index (κ1) is 56.6. The van der Waals surface area contributed by atoms with Crippen LogP contribution in [0.2, 0.25) is 54.4 Å². The Kier molecular flexibility index (Phi) is 19.9. The molecule has 5 aromatic rings. The number of hydrogen-bond acceptors (Lipinski definition) is 10. The van der Waals surface area contributed by atoms with E-state index in [2.05, 4.69) is 138 Å². The second-order valence-electron chi connectivity index (χ2n) is 21.5. The first-order valence-electron chi connectivity index (χ1n) is 23.2. The molecule has 1 atom stereocenters. The van der Waals surface area contributed by atoms with E-state index >= 15 is 0 Å². The van der Waals surface area contributed by atoms with Gasteiger partial charge in [0.1, 0.15) is 40.6 Å². The van der Waals surface area contributed by atoms with E-state index in [0.717, 1.165) is 39.6 Å². The summed E-state index contributed by atoms with van der Waals surface area (Å²) in [6.45, 7) is 39.7. The predicted molar refractivity (Wildman–Crippen MR) is 287 cm³/mol. The van der Waals surface area contributed by atoms with Crippen LogP contribution in [0.3, 0.4) is 0 Å². The van der Waals surface area contributed by atoms with Crippen molar-refractivity contribution in [3.63, 3.8) is 0 Å². The number of aromatic nitrogens is 2. The van der Waals surface area contributed by atoms with Gasteiger partial charge in [-0.05, 0) is 141 Å². The van der Waals surface area contributed by atoms with Crippen molar-refractivity contribution in [2.45, 2.75) is 150 Å². The van der Waals surface area contributed by atoms with E-state index in [-0.39, 0.29) is 27.0 Å². The predicted octanol–water partition coefficient (Wildman–Crippen LogP) is 13.7. The topological polar surface area (TPSA) is 135 Å². The molecule has 5 rings (SSSR count). The van der Waals surface area contributed by atoms with Gasteiger partial charge < -0.3 is 33.4 Å². The molecule has 0 aliphatic carbocycles. The number of nitrogens with two attached hydrogens (primary N) is 1. The summed E-state index contributed by atoms with van der Waals surface area (Å²) < 4.78 is 28.9. The Morgan fingerprint density at radius 1 is 0.642 bits per heavy atom. The van der Waals surface area contributed by atoms with Gasteiger partial charge in [0.05, 0.1) is 11.9 Å². The van der Waals surface area contributed by atoms with E-state index in [4.69, 9.17) is 38.4 Å². The molecule has 67 heavy (non-hydrogen) atoms. The lowest BCUT2D eigenvalue weighted by atomic mass is 10.1. The molecule has 0 aliphatic heterocycles. The number of hydrogen-bond donors (Lipinski definition) is 2. The molecule has 1 unspecified atom stereocenters. The first-order chi connectivity index (χ1) is 30.9. The summed E-state index contributed by atoms with van der Waals surface area (Å²) in [6, 6.07) is 31.4. The Labute approximate surface area is 407 Å². The fourth-order valence-corrected chi connectivity index (χ4v) is 8.60. The van der Waals surface area contributed by atoms with Gasteiger partial charge >= 0.3 is 7.69 Å². The summed E-state index contributed by atoms with van der Waals surface area (Å²) >= 11 is 0. The number of nitrogen functional groups attached to an aromatic ring is 1. The zero-order chi connectivity index (χ0) is 50.6. The Morgan fingerprint density at radius 3 is 1.43 bits per heavy atom. The number of rotatable bonds is 15. The van der Waals surface area contributed by atoms with E-state index in [1.54, 1.807) is 25.3 Å². The number of aryl methyl sites for hydroxylation is 1. The van der Waals surface area contributed by atoms with Crippen LogP contribution in [0, 0.1) is 6.92 Å². The average molecular weight is 965 g/mol. The molecule has 0 saturated heterocycles. The third-order valence-corrected chi connectivity index (χ3v) is 26.1. The van der Waals surface area contributed by atoms with Gasteiger partial charge in [-0.15, -0.1) is 0 Å². The van der Waals surface area contributed by atoms with Gasteiger partial charge in [0.15, 0.2) is 5.78 Å². The molecule has 1 aromatic heterocycles. The maximum absolute atomic E-state index is 12.0. The maximum atomic E-state index is 12.0. The van der Waals surface area contributed by atoms with Crippen molar-refractivity contribution < 1.29 is 32.5 Å². The van der Waals surface area contributed by atoms with Crippen molar-refractivity contribution in [1.82, 2.24) is 9.97 Å². The first-order valence-corrected chi connectivity index (χ1v) is 31.9. The molecular formula is C53H79BN3O7Si3. The van der Waals surface area contributed by atoms with Crippen LogP contribution in [0.1, 0.15) is 87.3 Å². The number of carbonyl (C=O) groups is 1. The van der Waals surface area contributed by atoms with E-state index in [1.165, 1.54) is 5.56 Å². The largest absolute Gasteiger partial charge is 0.569 e. The molecule has 14 heteroatoms. The molecule has 0 saturated carbocycles. The van der Waals surface area contributed by atoms with E-state index in [1.807, 2.05) is 67.6 Å². The van der Waals surface area contributed by atoms with Crippen LogP contribution in [0.5, 0.6) is 23.0 Å². The van der Waals surface area contributed by atoms with Gasteiger partial charge in [0, 0.05) is 24.2 Å². The second kappa shape index (κ2) is 23.5. The fourth-order valence-electron chi connectivity index (χ4n) is 5.51. The van der Waals surface area contributed by atoms with Crippen LogP contribution in [0.15, 0.2) is 103 Å². The van der Waals surface area contributed by atoms with Gasteiger partial charge in [0.2, 0.25) is 25.0 Å². The average Bonchev–Trinajstić information content (AvgIpc) is 3.22. The summed E-state index contributed by atoms with van der Waals surface area (Å²) in [5.74, 6) is 3.75. The Morgan fingerprint density at radius 2 is 1.03 bits per heavy atom. The van der Waals surface area contributed by atoms with Gasteiger partial charge in [-0.3, -0.25) is 4.79 Å². The van der Waals surface area contributed by atoms with Crippen molar-refractivity contribution in [2.75, 3.05) is 12.3 Å². The van der Waals surface area contributed by atoms with Crippen molar-refractivity contribution in [1.29, 1.82) is 0 Å². The number of ketones is 1. The normalized spacial score (nSPS) is 12.6. The Bertz CT molecular complexity index is 2300. The summed E-state index contributed by atoms with van der Waals surface area (Å²) in [4.78, 5) is 21.1. The van der Waals surface area contributed by atoms with Gasteiger partial charge in [-0.2, -0.15) is 0 Å². The van der Waals surface area contributed by atoms with Crippen molar-refractivity contribution >= 4 is 44.2 Å².